The molecule has 2 heteroatoms. The molecule has 98 valence electrons. The summed E-state index contributed by atoms with van der Waals surface area (Å²) in [4.78, 5) is 9.11. The first-order valence-electron chi connectivity index (χ1n) is 6.93. The molecule has 18 heavy (non-hydrogen) atoms. The van der Waals surface area contributed by atoms with Gasteiger partial charge in [-0.25, -0.2) is 4.98 Å². The van der Waals surface area contributed by atoms with E-state index in [9.17, 15) is 0 Å². The van der Waals surface area contributed by atoms with Crippen LogP contribution in [0.25, 0.3) is 11.0 Å². The van der Waals surface area contributed by atoms with Crippen LogP contribution >= 0.6 is 0 Å². The van der Waals surface area contributed by atoms with Crippen LogP contribution in [0.2, 0.25) is 0 Å². The van der Waals surface area contributed by atoms with E-state index in [2.05, 4.69) is 48.9 Å². The summed E-state index contributed by atoms with van der Waals surface area (Å²) in [6, 6.07) is 6.33. The van der Waals surface area contributed by atoms with Crippen LogP contribution in [0, 0.1) is 5.92 Å². The molecule has 2 rings (SSSR count). The lowest BCUT2D eigenvalue weighted by atomic mass is 10.1. The summed E-state index contributed by atoms with van der Waals surface area (Å²) in [6.45, 7) is 10.6. The maximum Gasteiger partial charge on any atom is 0.0892 e. The van der Waals surface area contributed by atoms with Crippen molar-refractivity contribution in [3.8, 4) is 0 Å². The maximum absolute atomic E-state index is 4.66. The highest BCUT2D eigenvalue weighted by atomic mass is 14.8. The number of hydrogen-bond donors (Lipinski definition) is 0. The summed E-state index contributed by atoms with van der Waals surface area (Å²) in [6.07, 6.45) is 3.94. The average Bonchev–Trinajstić information content (AvgIpc) is 2.39. The lowest BCUT2D eigenvalue weighted by molar-refractivity contribution is 0.635. The number of aromatic nitrogens is 2. The second-order valence-electron chi connectivity index (χ2n) is 4.64. The minimum Gasteiger partial charge on any atom is -0.253 e. The Balaban J connectivity index is 0.000000771. The molecule has 0 N–H and O–H groups in total. The van der Waals surface area contributed by atoms with Gasteiger partial charge in [0.15, 0.2) is 0 Å². The second kappa shape index (κ2) is 7.10. The van der Waals surface area contributed by atoms with Crippen LogP contribution < -0.4 is 0 Å². The lowest BCUT2D eigenvalue weighted by Crippen LogP contribution is -1.99. The largest absolute Gasteiger partial charge is 0.253 e. The molecule has 0 saturated heterocycles. The number of aryl methyl sites for hydroxylation is 1. The highest BCUT2D eigenvalue weighted by Gasteiger charge is 2.03. The highest BCUT2D eigenvalue weighted by molar-refractivity contribution is 5.74. The van der Waals surface area contributed by atoms with Crippen LogP contribution in [-0.4, -0.2) is 9.97 Å². The topological polar surface area (TPSA) is 25.8 Å². The van der Waals surface area contributed by atoms with Crippen LogP contribution in [0.1, 0.15) is 45.9 Å². The Bertz CT molecular complexity index is 489. The first kappa shape index (κ1) is 14.6. The Morgan fingerprint density at radius 2 is 1.83 bits per heavy atom. The zero-order valence-electron chi connectivity index (χ0n) is 12.2. The summed E-state index contributed by atoms with van der Waals surface area (Å²) >= 11 is 0. The number of fused-ring (bicyclic) bond motifs is 1. The van der Waals surface area contributed by atoms with Gasteiger partial charge in [-0.2, -0.15) is 0 Å². The zero-order chi connectivity index (χ0) is 13.5. The number of hydrogen-bond acceptors (Lipinski definition) is 2. The van der Waals surface area contributed by atoms with Crippen molar-refractivity contribution >= 4 is 11.0 Å². The molecular formula is C16H24N2. The Morgan fingerprint density at radius 3 is 2.44 bits per heavy atom. The standard InChI is InChI=1S/C14H18N2.C2H6/c1-4-11-5-6-13-14(8-11)16-12(9-15-13)7-10(2)3;1-2/h5-6,8-10H,4,7H2,1-3H3;1-2H3. The number of rotatable bonds is 3. The Morgan fingerprint density at radius 1 is 1.11 bits per heavy atom. The Labute approximate surface area is 110 Å². The first-order valence-corrected chi connectivity index (χ1v) is 6.93. The quantitative estimate of drug-likeness (QED) is 0.799. The molecule has 0 fully saturated rings. The van der Waals surface area contributed by atoms with Crippen molar-refractivity contribution in [1.29, 1.82) is 0 Å². The normalized spacial score (nSPS) is 10.3. The van der Waals surface area contributed by atoms with Crippen molar-refractivity contribution in [3.63, 3.8) is 0 Å². The average molecular weight is 244 g/mol. The predicted octanol–water partition coefficient (Wildman–Crippen LogP) is 4.42. The zero-order valence-corrected chi connectivity index (χ0v) is 12.2. The van der Waals surface area contributed by atoms with Gasteiger partial charge in [0.1, 0.15) is 0 Å². The molecule has 0 spiro atoms. The van der Waals surface area contributed by atoms with Gasteiger partial charge in [0.05, 0.1) is 16.7 Å². The van der Waals surface area contributed by atoms with Gasteiger partial charge in [0.2, 0.25) is 0 Å². The summed E-state index contributed by atoms with van der Waals surface area (Å²) in [7, 11) is 0. The third kappa shape index (κ3) is 3.80. The third-order valence-corrected chi connectivity index (χ3v) is 2.68. The monoisotopic (exact) mass is 244 g/mol. The fourth-order valence-corrected chi connectivity index (χ4v) is 1.83. The van der Waals surface area contributed by atoms with Gasteiger partial charge in [-0.3, -0.25) is 4.98 Å². The van der Waals surface area contributed by atoms with Crippen LogP contribution in [0.3, 0.4) is 0 Å². The van der Waals surface area contributed by atoms with Gasteiger partial charge in [0, 0.05) is 6.20 Å². The fourth-order valence-electron chi connectivity index (χ4n) is 1.83. The molecule has 0 atom stereocenters. The van der Waals surface area contributed by atoms with Gasteiger partial charge >= 0.3 is 0 Å². The lowest BCUT2D eigenvalue weighted by Gasteiger charge is -2.05. The highest BCUT2D eigenvalue weighted by Crippen LogP contribution is 2.14. The van der Waals surface area contributed by atoms with Crippen molar-refractivity contribution in [1.82, 2.24) is 9.97 Å². The molecule has 2 aromatic rings. The van der Waals surface area contributed by atoms with E-state index < -0.39 is 0 Å². The van der Waals surface area contributed by atoms with Gasteiger partial charge in [-0.05, 0) is 36.5 Å². The third-order valence-electron chi connectivity index (χ3n) is 2.68. The molecule has 1 aromatic heterocycles. The van der Waals surface area contributed by atoms with Crippen LogP contribution in [-0.2, 0) is 12.8 Å². The summed E-state index contributed by atoms with van der Waals surface area (Å²) in [5.74, 6) is 0.626. The van der Waals surface area contributed by atoms with Crippen LogP contribution in [0.15, 0.2) is 24.4 Å². The SMILES string of the molecule is CC.CCc1ccc2ncc(CC(C)C)nc2c1. The minimum absolute atomic E-state index is 0.626. The first-order chi connectivity index (χ1) is 8.69. The van der Waals surface area contributed by atoms with E-state index in [4.69, 9.17) is 0 Å². The van der Waals surface area contributed by atoms with Crippen LogP contribution in [0.4, 0.5) is 0 Å². The maximum atomic E-state index is 4.66. The smallest absolute Gasteiger partial charge is 0.0892 e. The van der Waals surface area contributed by atoms with Crippen molar-refractivity contribution in [3.05, 3.63) is 35.7 Å². The van der Waals surface area contributed by atoms with Crippen molar-refractivity contribution < 1.29 is 0 Å². The van der Waals surface area contributed by atoms with Crippen molar-refractivity contribution in [2.24, 2.45) is 5.92 Å². The molecule has 0 aliphatic carbocycles. The fraction of sp³-hybridized carbons (Fsp3) is 0.500. The second-order valence-corrected chi connectivity index (χ2v) is 4.64. The molecule has 1 aromatic carbocycles. The molecule has 0 amide bonds. The van der Waals surface area contributed by atoms with E-state index in [-0.39, 0.29) is 0 Å². The van der Waals surface area contributed by atoms with Gasteiger partial charge < -0.3 is 0 Å². The molecule has 0 aliphatic heterocycles. The predicted molar refractivity (Wildman–Crippen MR) is 78.8 cm³/mol. The van der Waals surface area contributed by atoms with Crippen LogP contribution in [0.5, 0.6) is 0 Å². The number of nitrogens with zero attached hydrogens (tertiary/aromatic N) is 2. The molecule has 0 aliphatic rings. The van der Waals surface area contributed by atoms with E-state index in [0.29, 0.717) is 5.92 Å². The summed E-state index contributed by atoms with van der Waals surface area (Å²) in [5.41, 5.74) is 4.43. The Kier molecular flexibility index (Phi) is 5.76. The van der Waals surface area contributed by atoms with Gasteiger partial charge in [0.25, 0.3) is 0 Å². The van der Waals surface area contributed by atoms with Crippen molar-refractivity contribution in [2.75, 3.05) is 0 Å². The molecule has 0 unspecified atom stereocenters. The molecule has 2 nitrogen and oxygen atoms in total. The minimum atomic E-state index is 0.626. The van der Waals surface area contributed by atoms with Gasteiger partial charge in [-0.15, -0.1) is 0 Å². The Hall–Kier alpha value is -1.44. The molecule has 1 heterocycles. The molecule has 0 bridgehead atoms. The van der Waals surface area contributed by atoms with Gasteiger partial charge in [-0.1, -0.05) is 40.7 Å². The summed E-state index contributed by atoms with van der Waals surface area (Å²) in [5, 5.41) is 0. The van der Waals surface area contributed by atoms with E-state index in [1.165, 1.54) is 5.56 Å². The molecule has 0 radical (unpaired) electrons. The van der Waals surface area contributed by atoms with Crippen molar-refractivity contribution in [2.45, 2.75) is 47.5 Å². The molecule has 0 saturated carbocycles. The summed E-state index contributed by atoms with van der Waals surface area (Å²) < 4.78 is 0. The van der Waals surface area contributed by atoms with E-state index >= 15 is 0 Å². The van der Waals surface area contributed by atoms with E-state index in [1.54, 1.807) is 0 Å². The van der Waals surface area contributed by atoms with E-state index in [1.807, 2.05) is 20.0 Å². The van der Waals surface area contributed by atoms with E-state index in [0.717, 1.165) is 29.6 Å². The molecular weight excluding hydrogens is 220 g/mol. The number of benzene rings is 1.